The van der Waals surface area contributed by atoms with E-state index in [9.17, 15) is 19.7 Å². The van der Waals surface area contributed by atoms with E-state index in [1.165, 1.54) is 30.0 Å². The van der Waals surface area contributed by atoms with Gasteiger partial charge in [-0.05, 0) is 54.4 Å². The number of carbonyl (C=O) groups excluding carboxylic acids is 2. The van der Waals surface area contributed by atoms with Gasteiger partial charge in [-0.1, -0.05) is 29.5 Å². The Morgan fingerprint density at radius 1 is 0.900 bits per heavy atom. The zero-order chi connectivity index (χ0) is 28.6. The number of methoxy groups -OCH3 is 2. The molecule has 0 atom stereocenters. The second-order valence-electron chi connectivity index (χ2n) is 8.41. The molecule has 0 saturated carbocycles. The molecule has 40 heavy (non-hydrogen) atoms. The molecule has 0 spiro atoms. The topological polar surface area (TPSA) is 145 Å². The standard InChI is InChI=1S/C28H26N4O8/c1-4-39-28(34)25-26(31(30-29-25)16-18-5-9-20(37-2)10-6-18)27(33)23-15-22(13-14-24(23)32(35)36)40-17-19-7-11-21(38-3)12-8-19/h5-15H,4,16-17H2,1-3H3. The highest BCUT2D eigenvalue weighted by molar-refractivity contribution is 6.14. The van der Waals surface area contributed by atoms with E-state index in [1.807, 2.05) is 12.1 Å². The lowest BCUT2D eigenvalue weighted by Gasteiger charge is -2.11. The number of hydrogen-bond acceptors (Lipinski definition) is 10. The molecule has 0 aliphatic carbocycles. The minimum atomic E-state index is -0.874. The van der Waals surface area contributed by atoms with E-state index in [-0.39, 0.29) is 42.5 Å². The van der Waals surface area contributed by atoms with Crippen molar-refractivity contribution in [1.29, 1.82) is 0 Å². The van der Waals surface area contributed by atoms with E-state index in [4.69, 9.17) is 18.9 Å². The van der Waals surface area contributed by atoms with Crippen LogP contribution in [-0.2, 0) is 17.9 Å². The van der Waals surface area contributed by atoms with Crippen LogP contribution in [0.4, 0.5) is 5.69 Å². The van der Waals surface area contributed by atoms with E-state index in [1.54, 1.807) is 50.4 Å². The van der Waals surface area contributed by atoms with E-state index in [0.29, 0.717) is 11.5 Å². The molecule has 0 amide bonds. The molecule has 0 fully saturated rings. The Morgan fingerprint density at radius 3 is 2.08 bits per heavy atom. The molecule has 0 aliphatic rings. The van der Waals surface area contributed by atoms with Gasteiger partial charge in [0, 0.05) is 6.07 Å². The minimum Gasteiger partial charge on any atom is -0.497 e. The van der Waals surface area contributed by atoms with Gasteiger partial charge in [-0.3, -0.25) is 14.9 Å². The predicted octanol–water partition coefficient (Wildman–Crippen LogP) is 4.24. The molecule has 12 heteroatoms. The third-order valence-corrected chi connectivity index (χ3v) is 5.88. The molecule has 1 heterocycles. The summed E-state index contributed by atoms with van der Waals surface area (Å²) in [5.74, 6) is -0.168. The van der Waals surface area contributed by atoms with Crippen LogP contribution in [0.1, 0.15) is 44.6 Å². The number of rotatable bonds is 12. The van der Waals surface area contributed by atoms with Crippen molar-refractivity contribution in [2.75, 3.05) is 20.8 Å². The van der Waals surface area contributed by atoms with Gasteiger partial charge in [0.1, 0.15) is 35.1 Å². The average molecular weight is 547 g/mol. The molecule has 206 valence electrons. The first-order valence-electron chi connectivity index (χ1n) is 12.2. The summed E-state index contributed by atoms with van der Waals surface area (Å²) in [5.41, 5.74) is 0.193. The van der Waals surface area contributed by atoms with Gasteiger partial charge in [-0.25, -0.2) is 9.48 Å². The summed E-state index contributed by atoms with van der Waals surface area (Å²) in [4.78, 5) is 37.7. The van der Waals surface area contributed by atoms with Gasteiger partial charge < -0.3 is 18.9 Å². The van der Waals surface area contributed by atoms with Gasteiger partial charge in [0.2, 0.25) is 11.5 Å². The highest BCUT2D eigenvalue weighted by Crippen LogP contribution is 2.28. The van der Waals surface area contributed by atoms with Crippen molar-refractivity contribution >= 4 is 17.4 Å². The molecule has 4 aromatic rings. The van der Waals surface area contributed by atoms with Gasteiger partial charge in [0.05, 0.1) is 32.3 Å². The van der Waals surface area contributed by atoms with Crippen LogP contribution < -0.4 is 14.2 Å². The molecule has 12 nitrogen and oxygen atoms in total. The van der Waals surface area contributed by atoms with Crippen LogP contribution in [0.15, 0.2) is 66.7 Å². The lowest BCUT2D eigenvalue weighted by atomic mass is 10.0. The van der Waals surface area contributed by atoms with Crippen molar-refractivity contribution in [2.24, 2.45) is 0 Å². The second kappa shape index (κ2) is 12.5. The van der Waals surface area contributed by atoms with Crippen molar-refractivity contribution in [2.45, 2.75) is 20.1 Å². The van der Waals surface area contributed by atoms with E-state index >= 15 is 0 Å². The van der Waals surface area contributed by atoms with E-state index in [0.717, 1.165) is 11.1 Å². The number of benzene rings is 3. The van der Waals surface area contributed by atoms with Gasteiger partial charge in [-0.15, -0.1) is 5.10 Å². The fraction of sp³-hybridized carbons (Fsp3) is 0.214. The predicted molar refractivity (Wildman–Crippen MR) is 142 cm³/mol. The number of ketones is 1. The summed E-state index contributed by atoms with van der Waals surface area (Å²) in [6.07, 6.45) is 0. The van der Waals surface area contributed by atoms with Crippen LogP contribution in [0.5, 0.6) is 17.2 Å². The number of nitro groups is 1. The first-order chi connectivity index (χ1) is 19.3. The largest absolute Gasteiger partial charge is 0.497 e. The summed E-state index contributed by atoms with van der Waals surface area (Å²) < 4.78 is 22.4. The first-order valence-corrected chi connectivity index (χ1v) is 12.2. The Kier molecular flexibility index (Phi) is 8.69. The lowest BCUT2D eigenvalue weighted by molar-refractivity contribution is -0.385. The highest BCUT2D eigenvalue weighted by Gasteiger charge is 2.32. The smallest absolute Gasteiger partial charge is 0.361 e. The monoisotopic (exact) mass is 546 g/mol. The molecular formula is C28H26N4O8. The van der Waals surface area contributed by atoms with Crippen LogP contribution in [0.25, 0.3) is 0 Å². The Morgan fingerprint density at radius 2 is 1.50 bits per heavy atom. The zero-order valence-electron chi connectivity index (χ0n) is 22.0. The van der Waals surface area contributed by atoms with Crippen LogP contribution in [-0.4, -0.2) is 52.5 Å². The summed E-state index contributed by atoms with van der Waals surface area (Å²) in [7, 11) is 3.10. The summed E-state index contributed by atoms with van der Waals surface area (Å²) in [6, 6.07) is 18.0. The van der Waals surface area contributed by atoms with Crippen LogP contribution >= 0.6 is 0 Å². The number of esters is 1. The molecule has 3 aromatic carbocycles. The SMILES string of the molecule is CCOC(=O)c1nnn(Cc2ccc(OC)cc2)c1C(=O)c1cc(OCc2ccc(OC)cc2)ccc1[N+](=O)[O-]. The second-order valence-corrected chi connectivity index (χ2v) is 8.41. The van der Waals surface area contributed by atoms with Crippen molar-refractivity contribution in [3.8, 4) is 17.2 Å². The molecule has 0 saturated heterocycles. The Balaban J connectivity index is 1.70. The molecular weight excluding hydrogens is 520 g/mol. The highest BCUT2D eigenvalue weighted by atomic mass is 16.6. The zero-order valence-corrected chi connectivity index (χ0v) is 22.0. The lowest BCUT2D eigenvalue weighted by Crippen LogP contribution is -2.18. The maximum Gasteiger partial charge on any atom is 0.361 e. The van der Waals surface area contributed by atoms with Crippen LogP contribution in [0.3, 0.4) is 0 Å². The summed E-state index contributed by atoms with van der Waals surface area (Å²) >= 11 is 0. The fourth-order valence-electron chi connectivity index (χ4n) is 3.85. The number of ether oxygens (including phenoxy) is 4. The molecule has 0 radical (unpaired) electrons. The van der Waals surface area contributed by atoms with Gasteiger partial charge >= 0.3 is 5.97 Å². The molecule has 4 rings (SSSR count). The number of aromatic nitrogens is 3. The fourth-order valence-corrected chi connectivity index (χ4v) is 3.85. The summed E-state index contributed by atoms with van der Waals surface area (Å²) in [5, 5.41) is 19.7. The van der Waals surface area contributed by atoms with Crippen molar-refractivity contribution < 1.29 is 33.5 Å². The maximum atomic E-state index is 13.9. The van der Waals surface area contributed by atoms with Gasteiger partial charge in [0.25, 0.3) is 5.69 Å². The number of nitrogens with zero attached hydrogens (tertiary/aromatic N) is 4. The number of hydrogen-bond donors (Lipinski definition) is 0. The third-order valence-electron chi connectivity index (χ3n) is 5.88. The minimum absolute atomic E-state index is 0.0344. The van der Waals surface area contributed by atoms with E-state index in [2.05, 4.69) is 10.3 Å². The molecule has 0 bridgehead atoms. The normalized spacial score (nSPS) is 10.6. The maximum absolute atomic E-state index is 13.9. The Bertz CT molecular complexity index is 1510. The number of nitro benzene ring substituents is 1. The molecule has 0 aliphatic heterocycles. The van der Waals surface area contributed by atoms with E-state index < -0.39 is 22.4 Å². The molecule has 0 N–H and O–H groups in total. The average Bonchev–Trinajstić information content (AvgIpc) is 3.39. The molecule has 0 unspecified atom stereocenters. The quantitative estimate of drug-likeness (QED) is 0.109. The van der Waals surface area contributed by atoms with Crippen molar-refractivity contribution in [3.63, 3.8) is 0 Å². The van der Waals surface area contributed by atoms with Crippen LogP contribution in [0, 0.1) is 10.1 Å². The van der Waals surface area contributed by atoms with Crippen molar-refractivity contribution in [3.05, 3.63) is 105 Å². The first kappa shape index (κ1) is 27.8. The van der Waals surface area contributed by atoms with Crippen molar-refractivity contribution in [1.82, 2.24) is 15.0 Å². The van der Waals surface area contributed by atoms with Crippen LogP contribution in [0.2, 0.25) is 0 Å². The Hall–Kier alpha value is -5.26. The Labute approximate surface area is 229 Å². The number of carbonyl (C=O) groups is 2. The summed E-state index contributed by atoms with van der Waals surface area (Å²) in [6.45, 7) is 1.84. The van der Waals surface area contributed by atoms with Gasteiger partial charge in [0.15, 0.2) is 0 Å². The third kappa shape index (κ3) is 6.23. The molecule has 1 aromatic heterocycles. The van der Waals surface area contributed by atoms with Gasteiger partial charge in [-0.2, -0.15) is 0 Å².